The van der Waals surface area contributed by atoms with Crippen molar-refractivity contribution in [2.24, 2.45) is 0 Å². The minimum absolute atomic E-state index is 0.0168. The molecular weight excluding hydrogens is 350 g/mol. The maximum Gasteiger partial charge on any atom is 0.264 e. The van der Waals surface area contributed by atoms with Gasteiger partial charge in [0.15, 0.2) is 4.96 Å². The second-order valence-corrected chi connectivity index (χ2v) is 7.53. The first-order valence-electron chi connectivity index (χ1n) is 6.97. The molecule has 3 aromatic heterocycles. The molecule has 0 aliphatic heterocycles. The molecule has 1 aromatic carbocycles. The number of carbonyl (C=O) groups excluding carboxylic acids is 1. The highest BCUT2D eigenvalue weighted by Gasteiger charge is 2.18. The van der Waals surface area contributed by atoms with Crippen molar-refractivity contribution in [3.05, 3.63) is 57.4 Å². The summed E-state index contributed by atoms with van der Waals surface area (Å²) in [5.41, 5.74) is 1.93. The molecule has 1 amide bonds. The zero-order valence-electron chi connectivity index (χ0n) is 12.2. The smallest absolute Gasteiger partial charge is 0.264 e. The van der Waals surface area contributed by atoms with Gasteiger partial charge in [0.2, 0.25) is 0 Å². The van der Waals surface area contributed by atoms with Gasteiger partial charge in [0.05, 0.1) is 10.4 Å². The molecule has 0 spiro atoms. The molecule has 3 heterocycles. The Morgan fingerprint density at radius 3 is 3.04 bits per heavy atom. The number of carbonyl (C=O) groups is 1. The number of rotatable bonds is 3. The van der Waals surface area contributed by atoms with Crippen molar-refractivity contribution in [2.45, 2.75) is 6.54 Å². The van der Waals surface area contributed by atoms with Gasteiger partial charge in [-0.1, -0.05) is 29.8 Å². The average Bonchev–Trinajstić information content (AvgIpc) is 3.20. The lowest BCUT2D eigenvalue weighted by Gasteiger charge is -2.17. The molecule has 4 aromatic rings. The van der Waals surface area contributed by atoms with Gasteiger partial charge in [-0.05, 0) is 17.7 Å². The second-order valence-electron chi connectivity index (χ2n) is 5.22. The number of nitrogens with zero attached hydrogens (tertiary/aromatic N) is 3. The number of halogens is 1. The maximum absolute atomic E-state index is 12.7. The third kappa shape index (κ3) is 2.52. The van der Waals surface area contributed by atoms with Gasteiger partial charge < -0.3 is 4.90 Å². The van der Waals surface area contributed by atoms with E-state index in [4.69, 9.17) is 11.6 Å². The molecule has 4 rings (SSSR count). The molecule has 4 nitrogen and oxygen atoms in total. The monoisotopic (exact) mass is 361 g/mol. The number of fused-ring (bicyclic) bond motifs is 3. The van der Waals surface area contributed by atoms with Crippen LogP contribution in [0.1, 0.15) is 15.2 Å². The Morgan fingerprint density at radius 2 is 2.22 bits per heavy atom. The van der Waals surface area contributed by atoms with Crippen LogP contribution in [0.15, 0.2) is 41.9 Å². The standard InChI is InChI=1S/C16H12ClN3OS2/c1-19(9-10-4-2-3-5-11(10)17)15(21)13-8-12-14(23-13)18-16-20(12)6-7-22-16/h2-8H,9H2,1H3. The van der Waals surface area contributed by atoms with Crippen LogP contribution in [-0.4, -0.2) is 27.2 Å². The SMILES string of the molecule is CN(Cc1ccccc1Cl)C(=O)c1cc2c(nc3sccn32)s1. The van der Waals surface area contributed by atoms with Gasteiger partial charge in [-0.2, -0.15) is 0 Å². The Balaban J connectivity index is 1.62. The fourth-order valence-corrected chi connectivity index (χ4v) is 4.49. The van der Waals surface area contributed by atoms with Crippen LogP contribution in [-0.2, 0) is 6.54 Å². The van der Waals surface area contributed by atoms with Crippen LogP contribution in [0.4, 0.5) is 0 Å². The van der Waals surface area contributed by atoms with Crippen LogP contribution >= 0.6 is 34.3 Å². The third-order valence-corrected chi connectivity index (χ3v) is 5.79. The van der Waals surface area contributed by atoms with Crippen molar-refractivity contribution < 1.29 is 4.79 Å². The first kappa shape index (κ1) is 14.7. The summed E-state index contributed by atoms with van der Waals surface area (Å²) in [6, 6.07) is 9.49. The summed E-state index contributed by atoms with van der Waals surface area (Å²) < 4.78 is 2.02. The van der Waals surface area contributed by atoms with Crippen LogP contribution < -0.4 is 0 Å². The molecule has 116 valence electrons. The van der Waals surface area contributed by atoms with Gasteiger partial charge in [-0.15, -0.1) is 22.7 Å². The summed E-state index contributed by atoms with van der Waals surface area (Å²) >= 11 is 9.19. The number of imidazole rings is 1. The number of hydrogen-bond donors (Lipinski definition) is 0. The molecule has 0 N–H and O–H groups in total. The van der Waals surface area contributed by atoms with Crippen molar-refractivity contribution in [3.63, 3.8) is 0 Å². The molecule has 0 bridgehead atoms. The zero-order chi connectivity index (χ0) is 16.0. The Labute approximate surface area is 145 Å². The molecule has 0 saturated heterocycles. The minimum atomic E-state index is -0.0168. The van der Waals surface area contributed by atoms with E-state index in [2.05, 4.69) is 4.98 Å². The van der Waals surface area contributed by atoms with Gasteiger partial charge in [0.25, 0.3) is 5.91 Å². The highest BCUT2D eigenvalue weighted by molar-refractivity contribution is 7.21. The topological polar surface area (TPSA) is 37.6 Å². The second kappa shape index (κ2) is 5.63. The lowest BCUT2D eigenvalue weighted by molar-refractivity contribution is 0.0790. The number of hydrogen-bond acceptors (Lipinski definition) is 4. The Bertz CT molecular complexity index is 1020. The van der Waals surface area contributed by atoms with E-state index in [9.17, 15) is 4.79 Å². The van der Waals surface area contributed by atoms with Crippen molar-refractivity contribution in [1.82, 2.24) is 14.3 Å². The van der Waals surface area contributed by atoms with Gasteiger partial charge >= 0.3 is 0 Å². The largest absolute Gasteiger partial charge is 0.337 e. The van der Waals surface area contributed by atoms with E-state index in [1.165, 1.54) is 11.3 Å². The highest BCUT2D eigenvalue weighted by atomic mass is 35.5. The summed E-state index contributed by atoms with van der Waals surface area (Å²) in [6.45, 7) is 0.481. The minimum Gasteiger partial charge on any atom is -0.337 e. The Hall–Kier alpha value is -1.89. The predicted octanol–water partition coefficient (Wildman–Crippen LogP) is 4.54. The van der Waals surface area contributed by atoms with E-state index < -0.39 is 0 Å². The van der Waals surface area contributed by atoms with Crippen LogP contribution in [0.5, 0.6) is 0 Å². The Morgan fingerprint density at radius 1 is 1.39 bits per heavy atom. The summed E-state index contributed by atoms with van der Waals surface area (Å²) in [4.78, 5) is 21.4. The van der Waals surface area contributed by atoms with E-state index in [0.717, 1.165) is 20.9 Å². The fraction of sp³-hybridized carbons (Fsp3) is 0.125. The molecule has 0 atom stereocenters. The quantitative estimate of drug-likeness (QED) is 0.537. The normalized spacial score (nSPS) is 11.4. The third-order valence-electron chi connectivity index (χ3n) is 3.66. The molecule has 0 fully saturated rings. The predicted molar refractivity (Wildman–Crippen MR) is 95.7 cm³/mol. The summed E-state index contributed by atoms with van der Waals surface area (Å²) in [5.74, 6) is -0.0168. The lowest BCUT2D eigenvalue weighted by Crippen LogP contribution is -2.25. The molecule has 0 unspecified atom stereocenters. The van der Waals surface area contributed by atoms with Gasteiger partial charge in [0.1, 0.15) is 4.83 Å². The number of benzene rings is 1. The fourth-order valence-electron chi connectivity index (χ4n) is 2.50. The molecule has 0 saturated carbocycles. The van der Waals surface area contributed by atoms with E-state index in [0.29, 0.717) is 16.4 Å². The highest BCUT2D eigenvalue weighted by Crippen LogP contribution is 2.29. The number of amides is 1. The van der Waals surface area contributed by atoms with Crippen molar-refractivity contribution in [2.75, 3.05) is 7.05 Å². The molecule has 23 heavy (non-hydrogen) atoms. The average molecular weight is 362 g/mol. The lowest BCUT2D eigenvalue weighted by atomic mass is 10.2. The van der Waals surface area contributed by atoms with Crippen molar-refractivity contribution >= 4 is 55.5 Å². The first-order valence-corrected chi connectivity index (χ1v) is 9.05. The van der Waals surface area contributed by atoms with Crippen molar-refractivity contribution in [3.8, 4) is 0 Å². The summed E-state index contributed by atoms with van der Waals surface area (Å²) in [6.07, 6.45) is 1.98. The van der Waals surface area contributed by atoms with E-state index in [1.54, 1.807) is 23.3 Å². The molecular formula is C16H12ClN3OS2. The van der Waals surface area contributed by atoms with Crippen LogP contribution in [0.2, 0.25) is 5.02 Å². The number of thiophene rings is 1. The van der Waals surface area contributed by atoms with E-state index >= 15 is 0 Å². The summed E-state index contributed by atoms with van der Waals surface area (Å²) in [5, 5.41) is 2.67. The zero-order valence-corrected chi connectivity index (χ0v) is 14.6. The van der Waals surface area contributed by atoms with E-state index in [-0.39, 0.29) is 5.91 Å². The van der Waals surface area contributed by atoms with Crippen molar-refractivity contribution in [1.29, 1.82) is 0 Å². The maximum atomic E-state index is 12.7. The molecule has 7 heteroatoms. The Kier molecular flexibility index (Phi) is 3.60. The number of aromatic nitrogens is 2. The van der Waals surface area contributed by atoms with Gasteiger partial charge in [-0.3, -0.25) is 9.20 Å². The molecule has 0 radical (unpaired) electrons. The van der Waals surface area contributed by atoms with Crippen LogP contribution in [0, 0.1) is 0 Å². The number of thiazole rings is 1. The first-order chi connectivity index (χ1) is 11.1. The van der Waals surface area contributed by atoms with Gasteiger partial charge in [-0.25, -0.2) is 4.98 Å². The van der Waals surface area contributed by atoms with E-state index in [1.807, 2.05) is 46.3 Å². The van der Waals surface area contributed by atoms with Gasteiger partial charge in [0, 0.05) is 30.2 Å². The van der Waals surface area contributed by atoms with Crippen LogP contribution in [0.3, 0.4) is 0 Å². The molecule has 0 aliphatic carbocycles. The van der Waals surface area contributed by atoms with Crippen LogP contribution in [0.25, 0.3) is 15.3 Å². The summed E-state index contributed by atoms with van der Waals surface area (Å²) in [7, 11) is 1.79. The molecule has 0 aliphatic rings.